The van der Waals surface area contributed by atoms with Crippen molar-refractivity contribution in [3.8, 4) is 0 Å². The van der Waals surface area contributed by atoms with E-state index >= 15 is 0 Å². The van der Waals surface area contributed by atoms with Gasteiger partial charge in [0.25, 0.3) is 0 Å². The lowest BCUT2D eigenvalue weighted by Crippen LogP contribution is -2.52. The summed E-state index contributed by atoms with van der Waals surface area (Å²) in [7, 11) is -1.73. The first-order chi connectivity index (χ1) is 9.00. The number of halogens is 3. The molecule has 118 valence electrons. The summed E-state index contributed by atoms with van der Waals surface area (Å²) in [5.74, 6) is -1.95. The predicted octanol–water partition coefficient (Wildman–Crippen LogP) is 0.420. The molecule has 5 nitrogen and oxygen atoms in total. The summed E-state index contributed by atoms with van der Waals surface area (Å²) in [4.78, 5) is 13.2. The number of sulfone groups is 1. The van der Waals surface area contributed by atoms with E-state index in [9.17, 15) is 26.4 Å². The van der Waals surface area contributed by atoms with Gasteiger partial charge in [0.15, 0.2) is 0 Å². The molecule has 0 aliphatic carbocycles. The quantitative estimate of drug-likeness (QED) is 0.816. The van der Waals surface area contributed by atoms with Crippen LogP contribution in [0.5, 0.6) is 0 Å². The number of amides is 1. The van der Waals surface area contributed by atoms with Gasteiger partial charge in [-0.2, -0.15) is 13.2 Å². The van der Waals surface area contributed by atoms with Gasteiger partial charge in [-0.25, -0.2) is 8.42 Å². The summed E-state index contributed by atoms with van der Waals surface area (Å²) in [6, 6.07) is -0.668. The second-order valence-corrected chi connectivity index (χ2v) is 7.43. The lowest BCUT2D eigenvalue weighted by Gasteiger charge is -2.32. The Kier molecular flexibility index (Phi) is 5.42. The standard InChI is InChI=1S/C11H19F3N2O3S/c1-16(5-6-20(2,18)19)10(17)9-4-3-8(7-15-9)11(12,13)14/h8-9,15H,3-7H2,1-2H3. The number of nitrogens with one attached hydrogen (secondary N) is 1. The van der Waals surface area contributed by atoms with Gasteiger partial charge in [0, 0.05) is 26.4 Å². The Hall–Kier alpha value is -0.830. The fourth-order valence-corrected chi connectivity index (χ4v) is 2.63. The number of likely N-dealkylation sites (N-methyl/N-ethyl adjacent to an activating group) is 1. The van der Waals surface area contributed by atoms with Gasteiger partial charge >= 0.3 is 6.18 Å². The number of carbonyl (C=O) groups excluding carboxylic acids is 1. The highest BCUT2D eigenvalue weighted by Gasteiger charge is 2.42. The summed E-state index contributed by atoms with van der Waals surface area (Å²) in [6.45, 7) is -0.238. The van der Waals surface area contributed by atoms with Gasteiger partial charge in [-0.05, 0) is 12.8 Å². The normalized spacial score (nSPS) is 24.4. The zero-order valence-corrected chi connectivity index (χ0v) is 12.2. The minimum atomic E-state index is -4.25. The molecule has 2 unspecified atom stereocenters. The maximum Gasteiger partial charge on any atom is 0.393 e. The number of alkyl halides is 3. The molecule has 1 amide bonds. The monoisotopic (exact) mass is 316 g/mol. The molecule has 2 atom stereocenters. The molecule has 9 heteroatoms. The molecule has 0 radical (unpaired) electrons. The zero-order valence-electron chi connectivity index (χ0n) is 11.4. The molecule has 1 heterocycles. The number of piperidine rings is 1. The van der Waals surface area contributed by atoms with Crippen LogP contribution in [0.4, 0.5) is 13.2 Å². The van der Waals surface area contributed by atoms with Crippen LogP contribution in [-0.4, -0.2) is 63.6 Å². The van der Waals surface area contributed by atoms with E-state index in [1.54, 1.807) is 0 Å². The van der Waals surface area contributed by atoms with Crippen molar-refractivity contribution >= 4 is 15.7 Å². The average Bonchev–Trinajstić information content (AvgIpc) is 2.33. The highest BCUT2D eigenvalue weighted by atomic mass is 32.2. The fourth-order valence-electron chi connectivity index (χ4n) is 2.03. The maximum absolute atomic E-state index is 12.5. The number of hydrogen-bond acceptors (Lipinski definition) is 4. The molecular weight excluding hydrogens is 297 g/mol. The first kappa shape index (κ1) is 17.2. The molecule has 0 aromatic carbocycles. The average molecular weight is 316 g/mol. The second kappa shape index (κ2) is 6.30. The third-order valence-electron chi connectivity index (χ3n) is 3.35. The third-order valence-corrected chi connectivity index (χ3v) is 4.27. The Labute approximate surface area is 116 Å². The van der Waals surface area contributed by atoms with Crippen molar-refractivity contribution in [2.45, 2.75) is 25.1 Å². The van der Waals surface area contributed by atoms with Gasteiger partial charge in [0.1, 0.15) is 9.84 Å². The van der Waals surface area contributed by atoms with E-state index in [0.717, 1.165) is 6.26 Å². The molecule has 1 aliphatic rings. The van der Waals surface area contributed by atoms with Crippen molar-refractivity contribution < 1.29 is 26.4 Å². The van der Waals surface area contributed by atoms with Crippen LogP contribution < -0.4 is 5.32 Å². The summed E-state index contributed by atoms with van der Waals surface area (Å²) in [5, 5.41) is 2.59. The molecule has 0 spiro atoms. The summed E-state index contributed by atoms with van der Waals surface area (Å²) >= 11 is 0. The molecule has 20 heavy (non-hydrogen) atoms. The fraction of sp³-hybridized carbons (Fsp3) is 0.909. The van der Waals surface area contributed by atoms with Crippen LogP contribution in [0.2, 0.25) is 0 Å². The minimum Gasteiger partial charge on any atom is -0.343 e. The molecule has 1 fully saturated rings. The van der Waals surface area contributed by atoms with Crippen molar-refractivity contribution in [2.75, 3.05) is 32.1 Å². The van der Waals surface area contributed by atoms with Gasteiger partial charge in [-0.15, -0.1) is 0 Å². The third kappa shape index (κ3) is 5.28. The minimum absolute atomic E-state index is 0.0402. The molecule has 0 aromatic rings. The van der Waals surface area contributed by atoms with Crippen LogP contribution >= 0.6 is 0 Å². The first-order valence-electron chi connectivity index (χ1n) is 6.23. The van der Waals surface area contributed by atoms with E-state index in [1.807, 2.05) is 0 Å². The van der Waals surface area contributed by atoms with Crippen LogP contribution in [0.1, 0.15) is 12.8 Å². The number of hydrogen-bond donors (Lipinski definition) is 1. The van der Waals surface area contributed by atoms with Crippen molar-refractivity contribution in [2.24, 2.45) is 5.92 Å². The smallest absolute Gasteiger partial charge is 0.343 e. The molecule has 1 aliphatic heterocycles. The van der Waals surface area contributed by atoms with Gasteiger partial charge in [-0.3, -0.25) is 4.79 Å². The largest absolute Gasteiger partial charge is 0.393 e. The summed E-state index contributed by atoms with van der Waals surface area (Å²) in [6.07, 6.45) is -3.17. The first-order valence-corrected chi connectivity index (χ1v) is 8.29. The molecular formula is C11H19F3N2O3S. The molecule has 0 saturated carbocycles. The zero-order chi connectivity index (χ0) is 15.6. The topological polar surface area (TPSA) is 66.5 Å². The Bertz CT molecular complexity index is 442. The van der Waals surface area contributed by atoms with E-state index in [1.165, 1.54) is 11.9 Å². The van der Waals surface area contributed by atoms with Crippen LogP contribution in [0.25, 0.3) is 0 Å². The highest BCUT2D eigenvalue weighted by Crippen LogP contribution is 2.32. The summed E-state index contributed by atoms with van der Waals surface area (Å²) < 4.78 is 59.5. The lowest BCUT2D eigenvalue weighted by atomic mass is 9.93. The maximum atomic E-state index is 12.5. The molecule has 1 rings (SSSR count). The van der Waals surface area contributed by atoms with Crippen molar-refractivity contribution in [1.82, 2.24) is 10.2 Å². The van der Waals surface area contributed by atoms with Crippen molar-refractivity contribution in [1.29, 1.82) is 0 Å². The van der Waals surface area contributed by atoms with Gasteiger partial charge in [0.2, 0.25) is 5.91 Å². The van der Waals surface area contributed by atoms with Gasteiger partial charge < -0.3 is 10.2 Å². The number of carbonyl (C=O) groups is 1. The Balaban J connectivity index is 2.46. The molecule has 0 bridgehead atoms. The van der Waals surface area contributed by atoms with E-state index < -0.39 is 28.0 Å². The van der Waals surface area contributed by atoms with Crippen molar-refractivity contribution in [3.63, 3.8) is 0 Å². The Morgan fingerprint density at radius 3 is 2.35 bits per heavy atom. The molecule has 1 saturated heterocycles. The van der Waals surface area contributed by atoms with E-state index in [4.69, 9.17) is 0 Å². The van der Waals surface area contributed by atoms with E-state index in [0.29, 0.717) is 0 Å². The Morgan fingerprint density at radius 2 is 1.95 bits per heavy atom. The van der Waals surface area contributed by atoms with Crippen LogP contribution in [0.15, 0.2) is 0 Å². The SMILES string of the molecule is CN(CCS(C)(=O)=O)C(=O)C1CCC(C(F)(F)F)CN1. The molecule has 0 aromatic heterocycles. The van der Waals surface area contributed by atoms with Crippen LogP contribution in [0.3, 0.4) is 0 Å². The predicted molar refractivity (Wildman–Crippen MR) is 67.9 cm³/mol. The van der Waals surface area contributed by atoms with E-state index in [-0.39, 0.29) is 37.6 Å². The van der Waals surface area contributed by atoms with Gasteiger partial charge in [0.05, 0.1) is 17.7 Å². The second-order valence-electron chi connectivity index (χ2n) is 5.17. The Morgan fingerprint density at radius 1 is 1.35 bits per heavy atom. The van der Waals surface area contributed by atoms with Crippen molar-refractivity contribution in [3.05, 3.63) is 0 Å². The molecule has 1 N–H and O–H groups in total. The van der Waals surface area contributed by atoms with E-state index in [2.05, 4.69) is 5.32 Å². The highest BCUT2D eigenvalue weighted by molar-refractivity contribution is 7.90. The summed E-state index contributed by atoms with van der Waals surface area (Å²) in [5.41, 5.74) is 0. The van der Waals surface area contributed by atoms with Crippen LogP contribution in [0, 0.1) is 5.92 Å². The van der Waals surface area contributed by atoms with Gasteiger partial charge in [-0.1, -0.05) is 0 Å². The van der Waals surface area contributed by atoms with Crippen LogP contribution in [-0.2, 0) is 14.6 Å². The lowest BCUT2D eigenvalue weighted by molar-refractivity contribution is -0.180. The number of nitrogens with zero attached hydrogens (tertiary/aromatic N) is 1. The number of rotatable bonds is 4.